The first-order valence-corrected chi connectivity index (χ1v) is 3.66. The van der Waals surface area contributed by atoms with Gasteiger partial charge < -0.3 is 9.99 Å². The molecule has 1 aliphatic heterocycles. The normalized spacial score (nSPS) is 23.5. The fourth-order valence-electron chi connectivity index (χ4n) is 0.486. The highest BCUT2D eigenvalue weighted by atomic mass is 32.2. The van der Waals surface area contributed by atoms with Gasteiger partial charge in [0.1, 0.15) is 6.26 Å². The lowest BCUT2D eigenvalue weighted by atomic mass is 10.3. The average molecular weight is 174 g/mol. The minimum absolute atomic E-state index is 0.708. The van der Waals surface area contributed by atoms with Crippen LogP contribution in [0.1, 0.15) is 0 Å². The van der Waals surface area contributed by atoms with E-state index in [0.29, 0.717) is 0 Å². The Morgan fingerprint density at radius 2 is 2.36 bits per heavy atom. The Morgan fingerprint density at radius 1 is 1.55 bits per heavy atom. The van der Waals surface area contributed by atoms with Crippen molar-refractivity contribution < 1.29 is 19.1 Å². The summed E-state index contributed by atoms with van der Waals surface area (Å²) in [6.07, 6.45) is 5.97. The van der Waals surface area contributed by atoms with Crippen molar-refractivity contribution >= 4 is 18.0 Å². The van der Waals surface area contributed by atoms with Crippen LogP contribution in [0.15, 0.2) is 24.5 Å². The van der Waals surface area contributed by atoms with Crippen molar-refractivity contribution in [3.63, 3.8) is 0 Å². The minimum Gasteiger partial charge on any atom is -0.480 e. The number of aliphatic carboxylic acids is 1. The number of carbonyl (C=O) groups is 1. The lowest BCUT2D eigenvalue weighted by Crippen LogP contribution is -2.13. The van der Waals surface area contributed by atoms with Gasteiger partial charge in [-0.25, -0.2) is 0 Å². The molecule has 5 heteroatoms. The van der Waals surface area contributed by atoms with E-state index in [0.717, 1.165) is 12.0 Å². The highest BCUT2D eigenvalue weighted by Crippen LogP contribution is 2.16. The lowest BCUT2D eigenvalue weighted by molar-refractivity contribution is -0.139. The van der Waals surface area contributed by atoms with E-state index < -0.39 is 11.2 Å². The Kier molecular flexibility index (Phi) is 3.00. The minimum atomic E-state index is -0.954. The summed E-state index contributed by atoms with van der Waals surface area (Å²) in [5.41, 5.74) is 0. The van der Waals surface area contributed by atoms with E-state index in [1.165, 1.54) is 12.3 Å². The fraction of sp³-hybridized carbons (Fsp3) is 0.167. The summed E-state index contributed by atoms with van der Waals surface area (Å²) in [6, 6.07) is 0. The van der Waals surface area contributed by atoms with Crippen LogP contribution in [0.5, 0.6) is 0 Å². The van der Waals surface area contributed by atoms with E-state index in [9.17, 15) is 4.79 Å². The Balaban J connectivity index is 2.58. The van der Waals surface area contributed by atoms with Crippen molar-refractivity contribution in [3.05, 3.63) is 24.5 Å². The first-order valence-electron chi connectivity index (χ1n) is 2.85. The van der Waals surface area contributed by atoms with Gasteiger partial charge >= 0.3 is 5.97 Å². The van der Waals surface area contributed by atoms with Gasteiger partial charge in [-0.3, -0.25) is 4.79 Å². The summed E-state index contributed by atoms with van der Waals surface area (Å²) in [5.74, 6) is -0.954. The SMILES string of the molecule is O=C(O)C1C=CC=COOS1. The molecule has 0 aromatic heterocycles. The predicted molar refractivity (Wildman–Crippen MR) is 39.5 cm³/mol. The molecule has 1 N–H and O–H groups in total. The van der Waals surface area contributed by atoms with Gasteiger partial charge in [0.15, 0.2) is 5.25 Å². The van der Waals surface area contributed by atoms with E-state index in [4.69, 9.17) is 5.11 Å². The van der Waals surface area contributed by atoms with Gasteiger partial charge in [0.2, 0.25) is 0 Å². The summed E-state index contributed by atoms with van der Waals surface area (Å²) in [5, 5.41) is 7.81. The van der Waals surface area contributed by atoms with Crippen LogP contribution in [-0.4, -0.2) is 16.3 Å². The van der Waals surface area contributed by atoms with Crippen LogP contribution in [0.3, 0.4) is 0 Å². The second-order valence-corrected chi connectivity index (χ2v) is 2.57. The third-order valence-electron chi connectivity index (χ3n) is 0.957. The summed E-state index contributed by atoms with van der Waals surface area (Å²) < 4.78 is 4.45. The first kappa shape index (κ1) is 8.16. The number of carboxylic acids is 1. The molecule has 0 saturated carbocycles. The summed E-state index contributed by atoms with van der Waals surface area (Å²) in [4.78, 5) is 14.8. The molecule has 1 heterocycles. The van der Waals surface area contributed by atoms with Crippen LogP contribution in [0, 0.1) is 0 Å². The molecule has 60 valence electrons. The van der Waals surface area contributed by atoms with Gasteiger partial charge in [-0.05, 0) is 6.08 Å². The third-order valence-corrected chi connectivity index (χ3v) is 1.68. The standard InChI is InChI=1S/C6H6O4S/c7-6(8)5-3-1-2-4-9-10-11-5/h1-5H,(H,7,8). The van der Waals surface area contributed by atoms with Crippen molar-refractivity contribution in [3.8, 4) is 0 Å². The first-order chi connectivity index (χ1) is 5.30. The van der Waals surface area contributed by atoms with Gasteiger partial charge in [-0.1, -0.05) is 12.2 Å². The van der Waals surface area contributed by atoms with Crippen molar-refractivity contribution in [2.75, 3.05) is 0 Å². The Morgan fingerprint density at radius 3 is 3.09 bits per heavy atom. The smallest absolute Gasteiger partial charge is 0.323 e. The molecule has 0 bridgehead atoms. The number of hydrogen-bond acceptors (Lipinski definition) is 4. The van der Waals surface area contributed by atoms with Crippen LogP contribution in [-0.2, 0) is 14.0 Å². The molecule has 0 aliphatic carbocycles. The maximum Gasteiger partial charge on any atom is 0.323 e. The molecule has 0 radical (unpaired) electrons. The van der Waals surface area contributed by atoms with Crippen molar-refractivity contribution in [2.24, 2.45) is 0 Å². The third kappa shape index (κ3) is 2.65. The van der Waals surface area contributed by atoms with Crippen LogP contribution >= 0.6 is 12.0 Å². The molecule has 1 unspecified atom stereocenters. The average Bonchev–Trinajstić information content (AvgIpc) is 1.84. The van der Waals surface area contributed by atoms with Crippen LogP contribution in [0.25, 0.3) is 0 Å². The number of allylic oxidation sites excluding steroid dienone is 2. The zero-order valence-corrected chi connectivity index (χ0v) is 6.28. The molecule has 0 aromatic carbocycles. The molecule has 11 heavy (non-hydrogen) atoms. The molecule has 4 nitrogen and oxygen atoms in total. The van der Waals surface area contributed by atoms with E-state index in [1.54, 1.807) is 12.2 Å². The van der Waals surface area contributed by atoms with E-state index >= 15 is 0 Å². The topological polar surface area (TPSA) is 55.8 Å². The van der Waals surface area contributed by atoms with E-state index in [-0.39, 0.29) is 0 Å². The fourth-order valence-corrected chi connectivity index (χ4v) is 0.898. The molecule has 1 atom stereocenters. The molecule has 0 aromatic rings. The second kappa shape index (κ2) is 4.05. The van der Waals surface area contributed by atoms with Gasteiger partial charge in [0.25, 0.3) is 0 Å². The molecular formula is C6H6O4S. The molecular weight excluding hydrogens is 168 g/mol. The molecule has 0 saturated heterocycles. The highest BCUT2D eigenvalue weighted by molar-refractivity contribution is 7.96. The summed E-state index contributed by atoms with van der Waals surface area (Å²) in [7, 11) is 0. The molecule has 0 fully saturated rings. The Labute approximate surface area is 67.6 Å². The van der Waals surface area contributed by atoms with Crippen molar-refractivity contribution in [1.29, 1.82) is 0 Å². The zero-order valence-electron chi connectivity index (χ0n) is 5.47. The largest absolute Gasteiger partial charge is 0.480 e. The summed E-state index contributed by atoms with van der Waals surface area (Å²) in [6.45, 7) is 0. The van der Waals surface area contributed by atoms with Gasteiger partial charge in [0, 0.05) is 0 Å². The number of carboxylic acid groups (broad SMARTS) is 1. The van der Waals surface area contributed by atoms with Crippen LogP contribution in [0.4, 0.5) is 0 Å². The van der Waals surface area contributed by atoms with E-state index in [1.807, 2.05) is 0 Å². The van der Waals surface area contributed by atoms with E-state index in [2.05, 4.69) is 9.22 Å². The van der Waals surface area contributed by atoms with Gasteiger partial charge in [-0.2, -0.15) is 0 Å². The van der Waals surface area contributed by atoms with Crippen LogP contribution < -0.4 is 0 Å². The quantitative estimate of drug-likeness (QED) is 0.477. The van der Waals surface area contributed by atoms with Crippen molar-refractivity contribution in [2.45, 2.75) is 5.25 Å². The van der Waals surface area contributed by atoms with Crippen molar-refractivity contribution in [1.82, 2.24) is 0 Å². The Bertz CT molecular complexity index is 199. The molecule has 0 amide bonds. The van der Waals surface area contributed by atoms with Gasteiger partial charge in [0.05, 0.1) is 12.0 Å². The van der Waals surface area contributed by atoms with Gasteiger partial charge in [-0.15, -0.1) is 4.33 Å². The zero-order chi connectivity index (χ0) is 8.10. The number of hydrogen-bond donors (Lipinski definition) is 1. The maximum atomic E-state index is 10.4. The highest BCUT2D eigenvalue weighted by Gasteiger charge is 2.16. The monoisotopic (exact) mass is 174 g/mol. The molecule has 1 rings (SSSR count). The second-order valence-electron chi connectivity index (χ2n) is 1.73. The molecule has 0 spiro atoms. The summed E-state index contributed by atoms with van der Waals surface area (Å²) >= 11 is 0.746. The Hall–Kier alpha value is -0.940. The molecule has 1 aliphatic rings. The predicted octanol–water partition coefficient (Wildman–Crippen LogP) is 1.12. The number of rotatable bonds is 1. The maximum absolute atomic E-state index is 10.4. The van der Waals surface area contributed by atoms with Crippen LogP contribution in [0.2, 0.25) is 0 Å². The lowest BCUT2D eigenvalue weighted by Gasteiger charge is -2.05.